The van der Waals surface area contributed by atoms with E-state index in [4.69, 9.17) is 4.98 Å². The molecular weight excluding hydrogens is 340 g/mol. The molecule has 2 aromatic heterocycles. The lowest BCUT2D eigenvalue weighted by Crippen LogP contribution is -2.15. The van der Waals surface area contributed by atoms with Gasteiger partial charge in [0.2, 0.25) is 0 Å². The molecule has 1 aliphatic rings. The minimum absolute atomic E-state index is 0.760. The normalized spacial score (nSPS) is 15.1. The molecule has 2 heterocycles. The molecule has 3 rings (SSSR count). The lowest BCUT2D eigenvalue weighted by Gasteiger charge is -2.01. The maximum Gasteiger partial charge on any atom is 0.133 e. The van der Waals surface area contributed by atoms with E-state index >= 15 is 0 Å². The van der Waals surface area contributed by atoms with Crippen molar-refractivity contribution in [2.75, 3.05) is 0 Å². The number of aromatic nitrogens is 1. The van der Waals surface area contributed by atoms with E-state index in [1.54, 1.807) is 11.3 Å². The molecule has 0 amide bonds. The summed E-state index contributed by atoms with van der Waals surface area (Å²) in [6.45, 7) is 3.21. The molecule has 1 aliphatic carbocycles. The number of hydrogen-bond acceptors (Lipinski definition) is 4. The molecule has 5 heteroatoms. The summed E-state index contributed by atoms with van der Waals surface area (Å²) in [5, 5.41) is 6.90. The molecule has 0 aromatic carbocycles. The van der Waals surface area contributed by atoms with E-state index in [2.05, 4.69) is 39.6 Å². The zero-order chi connectivity index (χ0) is 13.2. The molecule has 2 aromatic rings. The van der Waals surface area contributed by atoms with Gasteiger partial charge in [-0.1, -0.05) is 13.3 Å². The van der Waals surface area contributed by atoms with Crippen molar-refractivity contribution in [1.29, 1.82) is 0 Å². The summed E-state index contributed by atoms with van der Waals surface area (Å²) in [7, 11) is 0. The van der Waals surface area contributed by atoms with Crippen LogP contribution in [0.15, 0.2) is 15.9 Å². The number of aryl methyl sites for hydroxylation is 1. The van der Waals surface area contributed by atoms with Crippen LogP contribution in [0.1, 0.15) is 36.8 Å². The van der Waals surface area contributed by atoms with E-state index in [9.17, 15) is 0 Å². The Morgan fingerprint density at radius 3 is 2.95 bits per heavy atom. The Balaban J connectivity index is 1.81. The third kappa shape index (κ3) is 3.45. The fraction of sp³-hybridized carbons (Fsp3) is 0.500. The van der Waals surface area contributed by atoms with Crippen LogP contribution in [-0.2, 0) is 13.0 Å². The first-order valence-electron chi connectivity index (χ1n) is 6.72. The number of rotatable bonds is 6. The topological polar surface area (TPSA) is 24.9 Å². The molecule has 0 spiro atoms. The number of hydrogen-bond donors (Lipinski definition) is 1. The van der Waals surface area contributed by atoms with Gasteiger partial charge in [-0.25, -0.2) is 4.98 Å². The molecule has 0 atom stereocenters. The smallest absolute Gasteiger partial charge is 0.133 e. The lowest BCUT2D eigenvalue weighted by molar-refractivity contribution is 0.686. The first kappa shape index (κ1) is 13.7. The monoisotopic (exact) mass is 356 g/mol. The molecule has 0 unspecified atom stereocenters. The van der Waals surface area contributed by atoms with Crippen LogP contribution < -0.4 is 5.32 Å². The zero-order valence-electron chi connectivity index (χ0n) is 10.9. The third-order valence-electron chi connectivity index (χ3n) is 3.17. The first-order valence-corrected chi connectivity index (χ1v) is 9.21. The number of thiazole rings is 1. The Morgan fingerprint density at radius 2 is 2.32 bits per heavy atom. The van der Waals surface area contributed by atoms with Gasteiger partial charge in [0.15, 0.2) is 0 Å². The van der Waals surface area contributed by atoms with Gasteiger partial charge in [-0.2, -0.15) is 0 Å². The Hall–Kier alpha value is -0.230. The van der Waals surface area contributed by atoms with Crippen molar-refractivity contribution in [3.63, 3.8) is 0 Å². The maximum atomic E-state index is 4.85. The van der Waals surface area contributed by atoms with Crippen molar-refractivity contribution in [1.82, 2.24) is 10.3 Å². The van der Waals surface area contributed by atoms with Gasteiger partial charge in [0.05, 0.1) is 10.6 Å². The molecule has 1 N–H and O–H groups in total. The van der Waals surface area contributed by atoms with E-state index in [1.165, 1.54) is 33.3 Å². The number of halogens is 1. The Labute approximate surface area is 130 Å². The number of nitrogens with zero attached hydrogens (tertiary/aromatic N) is 1. The SMILES string of the molecule is CCCc1nc(-c2cc(Br)cs2)sc1CNC1CC1. The van der Waals surface area contributed by atoms with Crippen molar-refractivity contribution in [3.05, 3.63) is 26.5 Å². The highest BCUT2D eigenvalue weighted by Gasteiger charge is 2.21. The fourth-order valence-corrected chi connectivity index (χ4v) is 4.56. The van der Waals surface area contributed by atoms with Crippen LogP contribution in [-0.4, -0.2) is 11.0 Å². The van der Waals surface area contributed by atoms with E-state index < -0.39 is 0 Å². The summed E-state index contributed by atoms with van der Waals surface area (Å²) >= 11 is 7.13. The maximum absolute atomic E-state index is 4.85. The van der Waals surface area contributed by atoms with Crippen molar-refractivity contribution < 1.29 is 0 Å². The van der Waals surface area contributed by atoms with Crippen LogP contribution in [0.25, 0.3) is 9.88 Å². The Morgan fingerprint density at radius 1 is 1.47 bits per heavy atom. The van der Waals surface area contributed by atoms with Crippen molar-refractivity contribution >= 4 is 38.6 Å². The average molecular weight is 357 g/mol. The Kier molecular flexibility index (Phi) is 4.37. The minimum atomic E-state index is 0.760. The van der Waals surface area contributed by atoms with E-state index in [0.717, 1.165) is 29.9 Å². The van der Waals surface area contributed by atoms with Gasteiger partial charge in [-0.3, -0.25) is 0 Å². The van der Waals surface area contributed by atoms with Crippen LogP contribution in [0.4, 0.5) is 0 Å². The fourth-order valence-electron chi connectivity index (χ4n) is 2.01. The molecule has 1 fully saturated rings. The summed E-state index contributed by atoms with van der Waals surface area (Å²) < 4.78 is 1.15. The Bertz CT molecular complexity index is 558. The zero-order valence-corrected chi connectivity index (χ0v) is 14.1. The first-order chi connectivity index (χ1) is 9.26. The largest absolute Gasteiger partial charge is 0.309 e. The molecule has 0 aliphatic heterocycles. The van der Waals surface area contributed by atoms with Crippen molar-refractivity contribution in [2.24, 2.45) is 0 Å². The molecular formula is C14H17BrN2S2. The van der Waals surface area contributed by atoms with E-state index in [0.29, 0.717) is 0 Å². The van der Waals surface area contributed by atoms with Gasteiger partial charge in [0, 0.05) is 27.3 Å². The lowest BCUT2D eigenvalue weighted by atomic mass is 10.2. The van der Waals surface area contributed by atoms with E-state index in [-0.39, 0.29) is 0 Å². The molecule has 0 radical (unpaired) electrons. The van der Waals surface area contributed by atoms with Gasteiger partial charge in [-0.05, 0) is 41.3 Å². The molecule has 19 heavy (non-hydrogen) atoms. The molecule has 0 saturated heterocycles. The van der Waals surface area contributed by atoms with Gasteiger partial charge in [0.25, 0.3) is 0 Å². The van der Waals surface area contributed by atoms with Crippen LogP contribution in [0, 0.1) is 0 Å². The highest BCUT2D eigenvalue weighted by atomic mass is 79.9. The van der Waals surface area contributed by atoms with Crippen LogP contribution >= 0.6 is 38.6 Å². The predicted octanol–water partition coefficient (Wildman–Crippen LogP) is 4.84. The highest BCUT2D eigenvalue weighted by molar-refractivity contribution is 9.10. The second kappa shape index (κ2) is 6.04. The summed E-state index contributed by atoms with van der Waals surface area (Å²) in [6.07, 6.45) is 4.93. The molecule has 2 nitrogen and oxygen atoms in total. The minimum Gasteiger partial charge on any atom is -0.309 e. The highest BCUT2D eigenvalue weighted by Crippen LogP contribution is 2.35. The number of nitrogens with one attached hydrogen (secondary N) is 1. The van der Waals surface area contributed by atoms with E-state index in [1.807, 2.05) is 11.3 Å². The summed E-state index contributed by atoms with van der Waals surface area (Å²) in [4.78, 5) is 7.54. The van der Waals surface area contributed by atoms with Crippen molar-refractivity contribution in [2.45, 2.75) is 45.2 Å². The molecule has 1 saturated carbocycles. The summed E-state index contributed by atoms with van der Waals surface area (Å²) in [6, 6.07) is 2.92. The standard InChI is InChI=1S/C14H17BrN2S2/c1-2-3-11-13(7-16-10-4-5-10)19-14(17-11)12-6-9(15)8-18-12/h6,8,10,16H,2-5,7H2,1H3. The van der Waals surface area contributed by atoms with Gasteiger partial charge in [-0.15, -0.1) is 22.7 Å². The average Bonchev–Trinajstić information content (AvgIpc) is 2.99. The predicted molar refractivity (Wildman–Crippen MR) is 87.0 cm³/mol. The van der Waals surface area contributed by atoms with Crippen LogP contribution in [0.3, 0.4) is 0 Å². The van der Waals surface area contributed by atoms with Gasteiger partial charge in [0.1, 0.15) is 5.01 Å². The molecule has 102 valence electrons. The van der Waals surface area contributed by atoms with Gasteiger partial charge >= 0.3 is 0 Å². The van der Waals surface area contributed by atoms with Crippen LogP contribution in [0.2, 0.25) is 0 Å². The second-order valence-electron chi connectivity index (χ2n) is 4.92. The summed E-state index contributed by atoms with van der Waals surface area (Å²) in [5.41, 5.74) is 1.29. The van der Waals surface area contributed by atoms with Crippen molar-refractivity contribution in [3.8, 4) is 9.88 Å². The number of thiophene rings is 1. The third-order valence-corrected chi connectivity index (χ3v) is 6.13. The quantitative estimate of drug-likeness (QED) is 0.800. The van der Waals surface area contributed by atoms with Gasteiger partial charge < -0.3 is 5.32 Å². The van der Waals surface area contributed by atoms with Crippen LogP contribution in [0.5, 0.6) is 0 Å². The molecule has 0 bridgehead atoms. The second-order valence-corrected chi connectivity index (χ2v) is 7.83. The summed E-state index contributed by atoms with van der Waals surface area (Å²) in [5.74, 6) is 0.